The van der Waals surface area contributed by atoms with Crippen molar-refractivity contribution >= 4 is 69.2 Å². The maximum atomic E-state index is 12.9. The molecular weight excluding hydrogens is 381 g/mol. The molecule has 0 aromatic heterocycles. The Bertz CT molecular complexity index is 872. The highest BCUT2D eigenvalue weighted by Crippen LogP contribution is 2.39. The predicted octanol–water partition coefficient (Wildman–Crippen LogP) is 6.02. The smallest absolute Gasteiger partial charge is 0.268 e. The summed E-state index contributed by atoms with van der Waals surface area (Å²) in [5.74, 6) is -0.158. The first-order valence-electron chi connectivity index (χ1n) is 7.18. The van der Waals surface area contributed by atoms with Crippen LogP contribution in [0, 0.1) is 13.8 Å². The maximum absolute atomic E-state index is 12.9. The first-order chi connectivity index (χ1) is 11.4. The molecule has 0 atom stereocenters. The van der Waals surface area contributed by atoms with Crippen LogP contribution in [0.4, 0.5) is 5.69 Å². The first-order valence-corrected chi connectivity index (χ1v) is 9.16. The van der Waals surface area contributed by atoms with E-state index in [2.05, 4.69) is 0 Å². The Morgan fingerprint density at radius 2 is 1.71 bits per heavy atom. The Hall–Kier alpha value is -1.33. The molecule has 0 radical (unpaired) electrons. The highest BCUT2D eigenvalue weighted by Gasteiger charge is 2.34. The van der Waals surface area contributed by atoms with E-state index in [1.54, 1.807) is 29.2 Å². The molecule has 1 aliphatic heterocycles. The first kappa shape index (κ1) is 17.5. The van der Waals surface area contributed by atoms with E-state index in [0.29, 0.717) is 24.8 Å². The van der Waals surface area contributed by atoms with Crippen molar-refractivity contribution in [1.29, 1.82) is 0 Å². The van der Waals surface area contributed by atoms with Gasteiger partial charge in [-0.05, 0) is 49.2 Å². The third-order valence-corrected chi connectivity index (χ3v) is 5.85. The lowest BCUT2D eigenvalue weighted by atomic mass is 10.1. The Balaban J connectivity index is 2.04. The summed E-state index contributed by atoms with van der Waals surface area (Å²) in [6.45, 7) is 3.99. The third-order valence-electron chi connectivity index (χ3n) is 3.89. The van der Waals surface area contributed by atoms with Gasteiger partial charge < -0.3 is 0 Å². The van der Waals surface area contributed by atoms with Crippen LogP contribution in [0.15, 0.2) is 41.3 Å². The van der Waals surface area contributed by atoms with Crippen LogP contribution in [-0.4, -0.2) is 10.2 Å². The fourth-order valence-electron chi connectivity index (χ4n) is 2.43. The second-order valence-corrected chi connectivity index (χ2v) is 7.86. The number of benzene rings is 2. The van der Waals surface area contributed by atoms with Crippen molar-refractivity contribution in [2.45, 2.75) is 13.8 Å². The zero-order valence-electron chi connectivity index (χ0n) is 13.0. The Labute approximate surface area is 160 Å². The quantitative estimate of drug-likeness (QED) is 0.459. The minimum atomic E-state index is -0.158. The van der Waals surface area contributed by atoms with Crippen LogP contribution in [0.2, 0.25) is 10.0 Å². The number of carbonyl (C=O) groups excluding carboxylic acids is 1. The number of carbonyl (C=O) groups is 1. The number of thioether (sulfide) groups is 1. The van der Waals surface area contributed by atoms with Gasteiger partial charge in [-0.1, -0.05) is 65.4 Å². The van der Waals surface area contributed by atoms with Gasteiger partial charge in [0.15, 0.2) is 4.32 Å². The van der Waals surface area contributed by atoms with E-state index in [9.17, 15) is 4.79 Å². The standard InChI is InChI=1S/C18H13Cl2NOS2/c1-10-5-3-8-15(11(10)2)21-17(22)16(24-18(21)23)9-12-13(19)6-4-7-14(12)20/h3-9H,1-2H3. The van der Waals surface area contributed by atoms with Crippen molar-refractivity contribution in [2.24, 2.45) is 0 Å². The van der Waals surface area contributed by atoms with Gasteiger partial charge in [-0.15, -0.1) is 0 Å². The molecule has 1 heterocycles. The number of nitrogens with zero attached hydrogens (tertiary/aromatic N) is 1. The predicted molar refractivity (Wildman–Crippen MR) is 108 cm³/mol. The molecule has 1 amide bonds. The average molecular weight is 394 g/mol. The van der Waals surface area contributed by atoms with Gasteiger partial charge >= 0.3 is 0 Å². The molecule has 0 saturated carbocycles. The van der Waals surface area contributed by atoms with Gasteiger partial charge in [0.2, 0.25) is 0 Å². The van der Waals surface area contributed by atoms with Crippen LogP contribution in [-0.2, 0) is 4.79 Å². The molecule has 122 valence electrons. The molecule has 0 unspecified atom stereocenters. The molecule has 0 bridgehead atoms. The van der Waals surface area contributed by atoms with Crippen LogP contribution in [0.3, 0.4) is 0 Å². The van der Waals surface area contributed by atoms with Crippen molar-refractivity contribution < 1.29 is 4.79 Å². The number of aryl methyl sites for hydroxylation is 1. The summed E-state index contributed by atoms with van der Waals surface area (Å²) >= 11 is 19.1. The number of hydrogen-bond donors (Lipinski definition) is 0. The van der Waals surface area contributed by atoms with E-state index in [1.165, 1.54) is 11.8 Å². The van der Waals surface area contributed by atoms with E-state index >= 15 is 0 Å². The van der Waals surface area contributed by atoms with E-state index in [4.69, 9.17) is 35.4 Å². The minimum absolute atomic E-state index is 0.158. The number of halogens is 2. The second-order valence-electron chi connectivity index (χ2n) is 5.37. The summed E-state index contributed by atoms with van der Waals surface area (Å²) in [6, 6.07) is 11.1. The van der Waals surface area contributed by atoms with Gasteiger partial charge in [-0.25, -0.2) is 0 Å². The molecule has 1 fully saturated rings. The Morgan fingerprint density at radius 1 is 1.08 bits per heavy atom. The minimum Gasteiger partial charge on any atom is -0.268 e. The summed E-state index contributed by atoms with van der Waals surface area (Å²) < 4.78 is 0.503. The van der Waals surface area contributed by atoms with Crippen molar-refractivity contribution in [3.63, 3.8) is 0 Å². The molecule has 2 aromatic carbocycles. The van der Waals surface area contributed by atoms with Gasteiger partial charge in [-0.3, -0.25) is 9.69 Å². The van der Waals surface area contributed by atoms with Gasteiger partial charge in [0.25, 0.3) is 5.91 Å². The van der Waals surface area contributed by atoms with Crippen molar-refractivity contribution in [3.8, 4) is 0 Å². The van der Waals surface area contributed by atoms with Crippen LogP contribution < -0.4 is 4.90 Å². The number of rotatable bonds is 2. The summed E-state index contributed by atoms with van der Waals surface area (Å²) in [5.41, 5.74) is 3.58. The lowest BCUT2D eigenvalue weighted by molar-refractivity contribution is -0.113. The number of thiocarbonyl (C=S) groups is 1. The number of anilines is 1. The maximum Gasteiger partial charge on any atom is 0.270 e. The summed E-state index contributed by atoms with van der Waals surface area (Å²) in [7, 11) is 0. The van der Waals surface area contributed by atoms with Crippen LogP contribution in [0.5, 0.6) is 0 Å². The highest BCUT2D eigenvalue weighted by atomic mass is 35.5. The van der Waals surface area contributed by atoms with Gasteiger partial charge in [0.05, 0.1) is 10.6 Å². The number of amides is 1. The Morgan fingerprint density at radius 3 is 2.38 bits per heavy atom. The lowest BCUT2D eigenvalue weighted by Gasteiger charge is -2.18. The molecule has 3 rings (SSSR count). The van der Waals surface area contributed by atoms with Crippen LogP contribution >= 0.6 is 47.2 Å². The van der Waals surface area contributed by atoms with Crippen molar-refractivity contribution in [1.82, 2.24) is 0 Å². The molecular formula is C18H13Cl2NOS2. The normalized spacial score (nSPS) is 16.3. The second kappa shape index (κ2) is 6.89. The molecule has 0 N–H and O–H groups in total. The molecule has 1 saturated heterocycles. The van der Waals surface area contributed by atoms with Gasteiger partial charge in [0.1, 0.15) is 0 Å². The van der Waals surface area contributed by atoms with Crippen molar-refractivity contribution in [2.75, 3.05) is 4.90 Å². The van der Waals surface area contributed by atoms with E-state index in [0.717, 1.165) is 16.8 Å². The third kappa shape index (κ3) is 3.11. The highest BCUT2D eigenvalue weighted by molar-refractivity contribution is 8.27. The van der Waals surface area contributed by atoms with E-state index < -0.39 is 0 Å². The van der Waals surface area contributed by atoms with Crippen LogP contribution in [0.1, 0.15) is 16.7 Å². The summed E-state index contributed by atoms with van der Waals surface area (Å²) in [6.07, 6.45) is 1.70. The zero-order chi connectivity index (χ0) is 17.4. The Kier molecular flexibility index (Phi) is 5.02. The van der Waals surface area contributed by atoms with Crippen LogP contribution in [0.25, 0.3) is 6.08 Å². The zero-order valence-corrected chi connectivity index (χ0v) is 16.1. The molecule has 1 aliphatic rings. The summed E-state index contributed by atoms with van der Waals surface area (Å²) in [4.78, 5) is 14.9. The number of hydrogen-bond acceptors (Lipinski definition) is 3. The lowest BCUT2D eigenvalue weighted by Crippen LogP contribution is -2.28. The molecule has 2 aromatic rings. The van der Waals surface area contributed by atoms with Gasteiger partial charge in [-0.2, -0.15) is 0 Å². The average Bonchev–Trinajstić information content (AvgIpc) is 2.80. The van der Waals surface area contributed by atoms with Crippen molar-refractivity contribution in [3.05, 3.63) is 68.0 Å². The monoisotopic (exact) mass is 393 g/mol. The fourth-order valence-corrected chi connectivity index (χ4v) is 4.21. The molecule has 24 heavy (non-hydrogen) atoms. The molecule has 0 spiro atoms. The topological polar surface area (TPSA) is 20.3 Å². The SMILES string of the molecule is Cc1cccc(N2C(=O)C(=Cc3c(Cl)cccc3Cl)SC2=S)c1C. The van der Waals surface area contributed by atoms with E-state index in [1.807, 2.05) is 32.0 Å². The largest absolute Gasteiger partial charge is 0.270 e. The fraction of sp³-hybridized carbons (Fsp3) is 0.111. The molecule has 0 aliphatic carbocycles. The van der Waals surface area contributed by atoms with Gasteiger partial charge in [0, 0.05) is 15.6 Å². The molecule has 2 nitrogen and oxygen atoms in total. The summed E-state index contributed by atoms with van der Waals surface area (Å²) in [5, 5.41) is 0.999. The molecule has 6 heteroatoms. The van der Waals surface area contributed by atoms with E-state index in [-0.39, 0.29) is 5.91 Å².